The van der Waals surface area contributed by atoms with E-state index in [4.69, 9.17) is 0 Å². The van der Waals surface area contributed by atoms with Crippen molar-refractivity contribution in [2.75, 3.05) is 13.1 Å². The Morgan fingerprint density at radius 2 is 1.74 bits per heavy atom. The molecule has 1 aromatic rings. The molecule has 0 amide bonds. The number of unbranched alkanes of at least 4 members (excludes halogenated alkanes) is 2. The number of rotatable bonds is 8. The Balaban J connectivity index is 2.83. The zero-order valence-electron chi connectivity index (χ0n) is 12.3. The van der Waals surface area contributed by atoms with Crippen molar-refractivity contribution in [2.24, 2.45) is 0 Å². The van der Waals surface area contributed by atoms with E-state index >= 15 is 0 Å². The van der Waals surface area contributed by atoms with Crippen LogP contribution in [0.15, 0.2) is 22.7 Å². The number of benzene rings is 1. The normalized spacial score (nSPS) is 12.9. The van der Waals surface area contributed by atoms with Crippen molar-refractivity contribution in [3.05, 3.63) is 28.2 Å². The summed E-state index contributed by atoms with van der Waals surface area (Å²) in [5, 5.41) is 10.1. The lowest BCUT2D eigenvalue weighted by atomic mass is 10.0. The summed E-state index contributed by atoms with van der Waals surface area (Å²) < 4.78 is 1.03. The van der Waals surface area contributed by atoms with Gasteiger partial charge in [0, 0.05) is 16.1 Å². The van der Waals surface area contributed by atoms with Crippen LogP contribution >= 0.6 is 15.9 Å². The maximum absolute atomic E-state index is 10.1. The third kappa shape index (κ3) is 5.15. The summed E-state index contributed by atoms with van der Waals surface area (Å²) in [6, 6.07) is 5.95. The van der Waals surface area contributed by atoms with E-state index in [0.29, 0.717) is 5.75 Å². The SMILES string of the molecule is CCCCN(CCCC)C(C)c1cc(Br)ccc1O. The van der Waals surface area contributed by atoms with Crippen molar-refractivity contribution in [1.29, 1.82) is 0 Å². The topological polar surface area (TPSA) is 23.5 Å². The molecule has 1 aromatic carbocycles. The summed E-state index contributed by atoms with van der Waals surface area (Å²) in [5.41, 5.74) is 1.02. The van der Waals surface area contributed by atoms with Gasteiger partial charge in [0.2, 0.25) is 0 Å². The van der Waals surface area contributed by atoms with Gasteiger partial charge in [-0.05, 0) is 51.1 Å². The minimum Gasteiger partial charge on any atom is -0.508 e. The molecule has 1 N–H and O–H groups in total. The van der Waals surface area contributed by atoms with Crippen molar-refractivity contribution in [3.8, 4) is 5.75 Å². The van der Waals surface area contributed by atoms with Gasteiger partial charge in [0.05, 0.1) is 0 Å². The largest absolute Gasteiger partial charge is 0.508 e. The van der Waals surface area contributed by atoms with Gasteiger partial charge >= 0.3 is 0 Å². The van der Waals surface area contributed by atoms with E-state index in [1.807, 2.05) is 12.1 Å². The number of phenolic OH excluding ortho intramolecular Hbond substituents is 1. The highest BCUT2D eigenvalue weighted by Gasteiger charge is 2.18. The lowest BCUT2D eigenvalue weighted by Gasteiger charge is -2.30. The second-order valence-electron chi connectivity index (χ2n) is 5.12. The standard InChI is InChI=1S/C16H26BrNO/c1-4-6-10-18(11-7-5-2)13(3)15-12-14(17)8-9-16(15)19/h8-9,12-13,19H,4-7,10-11H2,1-3H3. The summed E-state index contributed by atoms with van der Waals surface area (Å²) in [6.45, 7) is 8.83. The van der Waals surface area contributed by atoms with Crippen LogP contribution in [-0.4, -0.2) is 23.1 Å². The first-order valence-corrected chi connectivity index (χ1v) is 8.11. The van der Waals surface area contributed by atoms with Gasteiger partial charge in [0.25, 0.3) is 0 Å². The van der Waals surface area contributed by atoms with Gasteiger partial charge in [-0.25, -0.2) is 0 Å². The number of aromatic hydroxyl groups is 1. The van der Waals surface area contributed by atoms with Crippen molar-refractivity contribution in [3.63, 3.8) is 0 Å². The molecule has 0 aliphatic rings. The first kappa shape index (κ1) is 16.5. The quantitative estimate of drug-likeness (QED) is 0.716. The molecule has 0 fully saturated rings. The third-order valence-electron chi connectivity index (χ3n) is 3.59. The average Bonchev–Trinajstić information content (AvgIpc) is 2.41. The maximum atomic E-state index is 10.1. The Bertz CT molecular complexity index is 373. The molecule has 1 unspecified atom stereocenters. The fourth-order valence-electron chi connectivity index (χ4n) is 2.28. The molecule has 0 saturated heterocycles. The summed E-state index contributed by atoms with van der Waals surface area (Å²) in [5.74, 6) is 0.397. The zero-order valence-corrected chi connectivity index (χ0v) is 13.9. The van der Waals surface area contributed by atoms with Gasteiger partial charge in [-0.2, -0.15) is 0 Å². The minimum absolute atomic E-state index is 0.260. The number of hydrogen-bond donors (Lipinski definition) is 1. The van der Waals surface area contributed by atoms with Gasteiger partial charge in [0.1, 0.15) is 5.75 Å². The fourth-order valence-corrected chi connectivity index (χ4v) is 2.66. The molecule has 0 aliphatic heterocycles. The van der Waals surface area contributed by atoms with E-state index in [2.05, 4.69) is 41.6 Å². The molecule has 2 nitrogen and oxygen atoms in total. The smallest absolute Gasteiger partial charge is 0.120 e. The van der Waals surface area contributed by atoms with Crippen LogP contribution in [0.1, 0.15) is 58.1 Å². The highest BCUT2D eigenvalue weighted by Crippen LogP contribution is 2.31. The molecular weight excluding hydrogens is 302 g/mol. The van der Waals surface area contributed by atoms with Crippen LogP contribution in [0.3, 0.4) is 0 Å². The highest BCUT2D eigenvalue weighted by atomic mass is 79.9. The predicted molar refractivity (Wildman–Crippen MR) is 85.6 cm³/mol. The zero-order chi connectivity index (χ0) is 14.3. The van der Waals surface area contributed by atoms with Crippen molar-refractivity contribution in [1.82, 2.24) is 4.90 Å². The Kier molecular flexibility index (Phi) is 7.47. The minimum atomic E-state index is 0.260. The number of hydrogen-bond acceptors (Lipinski definition) is 2. The van der Waals surface area contributed by atoms with Crippen LogP contribution in [0.2, 0.25) is 0 Å². The second kappa shape index (κ2) is 8.60. The molecule has 1 atom stereocenters. The van der Waals surface area contributed by atoms with Crippen LogP contribution in [0.25, 0.3) is 0 Å². The van der Waals surface area contributed by atoms with Gasteiger partial charge in [-0.3, -0.25) is 4.90 Å². The van der Waals surface area contributed by atoms with Gasteiger partial charge in [-0.15, -0.1) is 0 Å². The van der Waals surface area contributed by atoms with Gasteiger partial charge < -0.3 is 5.11 Å². The molecule has 0 aliphatic carbocycles. The van der Waals surface area contributed by atoms with Crippen LogP contribution in [-0.2, 0) is 0 Å². The van der Waals surface area contributed by atoms with E-state index < -0.39 is 0 Å². The third-order valence-corrected chi connectivity index (χ3v) is 4.08. The molecule has 3 heteroatoms. The van der Waals surface area contributed by atoms with Crippen molar-refractivity contribution >= 4 is 15.9 Å². The Labute approximate surface area is 126 Å². The summed E-state index contributed by atoms with van der Waals surface area (Å²) in [4.78, 5) is 2.48. The lowest BCUT2D eigenvalue weighted by molar-refractivity contribution is 0.201. The van der Waals surface area contributed by atoms with Gasteiger partial charge in [0.15, 0.2) is 0 Å². The van der Waals surface area contributed by atoms with E-state index in [1.165, 1.54) is 25.7 Å². The first-order chi connectivity index (χ1) is 9.10. The first-order valence-electron chi connectivity index (χ1n) is 7.32. The summed E-state index contributed by atoms with van der Waals surface area (Å²) in [6.07, 6.45) is 4.84. The molecule has 0 radical (unpaired) electrons. The molecule has 0 bridgehead atoms. The van der Waals surface area contributed by atoms with Gasteiger partial charge in [-0.1, -0.05) is 42.6 Å². The van der Waals surface area contributed by atoms with Crippen molar-refractivity contribution in [2.45, 2.75) is 52.5 Å². The maximum Gasteiger partial charge on any atom is 0.120 e. The van der Waals surface area contributed by atoms with E-state index in [1.54, 1.807) is 6.07 Å². The molecular formula is C16H26BrNO. The second-order valence-corrected chi connectivity index (χ2v) is 6.04. The molecule has 0 spiro atoms. The number of halogens is 1. The molecule has 19 heavy (non-hydrogen) atoms. The van der Waals surface area contributed by atoms with Crippen molar-refractivity contribution < 1.29 is 5.11 Å². The lowest BCUT2D eigenvalue weighted by Crippen LogP contribution is -2.29. The highest BCUT2D eigenvalue weighted by molar-refractivity contribution is 9.10. The Morgan fingerprint density at radius 3 is 2.26 bits per heavy atom. The molecule has 0 aromatic heterocycles. The average molecular weight is 328 g/mol. The van der Waals surface area contributed by atoms with Crippen LogP contribution in [0, 0.1) is 0 Å². The Hall–Kier alpha value is -0.540. The number of nitrogens with zero attached hydrogens (tertiary/aromatic N) is 1. The van der Waals surface area contributed by atoms with E-state index in [9.17, 15) is 5.11 Å². The summed E-state index contributed by atoms with van der Waals surface area (Å²) >= 11 is 3.49. The fraction of sp³-hybridized carbons (Fsp3) is 0.625. The van der Waals surface area contributed by atoms with E-state index in [0.717, 1.165) is 23.1 Å². The van der Waals surface area contributed by atoms with Crippen LogP contribution in [0.5, 0.6) is 5.75 Å². The molecule has 0 saturated carbocycles. The monoisotopic (exact) mass is 327 g/mol. The molecule has 1 rings (SSSR count). The Morgan fingerprint density at radius 1 is 1.16 bits per heavy atom. The van der Waals surface area contributed by atoms with Crippen LogP contribution in [0.4, 0.5) is 0 Å². The molecule has 108 valence electrons. The summed E-state index contributed by atoms with van der Waals surface area (Å²) in [7, 11) is 0. The molecule has 0 heterocycles. The number of phenols is 1. The van der Waals surface area contributed by atoms with E-state index in [-0.39, 0.29) is 6.04 Å². The van der Waals surface area contributed by atoms with Crippen LogP contribution < -0.4 is 0 Å². The predicted octanol–water partition coefficient (Wildman–Crippen LogP) is 5.12.